The topological polar surface area (TPSA) is 78.1 Å². The molecule has 0 spiro atoms. The average molecular weight is 438 g/mol. The number of nitrogen functional groups attached to an aromatic ring is 1. The molecule has 0 aliphatic carbocycles. The highest BCUT2D eigenvalue weighted by Crippen LogP contribution is 2.29. The highest BCUT2D eigenvalue weighted by Gasteiger charge is 2.14. The van der Waals surface area contributed by atoms with E-state index in [0.717, 1.165) is 26.9 Å². The number of hydrogen-bond acceptors (Lipinski definition) is 6. The number of aromatic nitrogens is 2. The fourth-order valence-electron chi connectivity index (χ4n) is 3.16. The number of carbonyl (C=O) groups excluding carboxylic acids is 1. The van der Waals surface area contributed by atoms with Crippen LogP contribution in [0.4, 0.5) is 5.82 Å². The van der Waals surface area contributed by atoms with E-state index in [1.807, 2.05) is 36.4 Å². The normalized spacial score (nSPS) is 11.1. The summed E-state index contributed by atoms with van der Waals surface area (Å²) in [6.45, 7) is 0.758. The molecule has 0 bridgehead atoms. The van der Waals surface area contributed by atoms with E-state index in [2.05, 4.69) is 16.0 Å². The first-order valence-electron chi connectivity index (χ1n) is 9.52. The first-order valence-corrected chi connectivity index (χ1v) is 10.7. The smallest absolute Gasteiger partial charge is 0.173 e. The molecule has 0 aliphatic heterocycles. The van der Waals surface area contributed by atoms with Crippen LogP contribution in [0.2, 0.25) is 5.02 Å². The molecule has 30 heavy (non-hydrogen) atoms. The molecule has 0 unspecified atom stereocenters. The summed E-state index contributed by atoms with van der Waals surface area (Å²) < 4.78 is 5.70. The summed E-state index contributed by atoms with van der Waals surface area (Å²) in [5.74, 6) is 0.591. The second-order valence-corrected chi connectivity index (χ2v) is 8.41. The minimum absolute atomic E-state index is 0.0761. The van der Waals surface area contributed by atoms with E-state index < -0.39 is 0 Å². The van der Waals surface area contributed by atoms with E-state index in [1.54, 1.807) is 18.5 Å². The molecular formula is C23H20ClN3O2S. The summed E-state index contributed by atoms with van der Waals surface area (Å²) in [5, 5.41) is 2.52. The molecule has 3 heterocycles. The van der Waals surface area contributed by atoms with Crippen LogP contribution < -0.4 is 5.73 Å². The number of ketones is 1. The van der Waals surface area contributed by atoms with Crippen LogP contribution in [0.3, 0.4) is 0 Å². The monoisotopic (exact) mass is 437 g/mol. The Labute approximate surface area is 183 Å². The maximum Gasteiger partial charge on any atom is 0.173 e. The molecule has 0 atom stereocenters. The van der Waals surface area contributed by atoms with Gasteiger partial charge in [0.2, 0.25) is 0 Å². The largest absolute Gasteiger partial charge is 0.383 e. The highest BCUT2D eigenvalue weighted by atomic mass is 35.5. The zero-order valence-electron chi connectivity index (χ0n) is 16.2. The number of thiophene rings is 1. The average Bonchev–Trinajstić information content (AvgIpc) is 3.13. The van der Waals surface area contributed by atoms with Gasteiger partial charge in [0, 0.05) is 29.1 Å². The predicted molar refractivity (Wildman–Crippen MR) is 121 cm³/mol. The van der Waals surface area contributed by atoms with Gasteiger partial charge in [-0.3, -0.25) is 9.78 Å². The van der Waals surface area contributed by atoms with Gasteiger partial charge in [-0.25, -0.2) is 4.98 Å². The standard InChI is InChI=1S/C23H20ClN3O2S/c24-19-12-21(30-22(19)14-29-13-17-3-1-2-9-26-17)20(28)7-5-15-4-6-18-16(11-15)8-10-27-23(18)25/h1-4,6,8-12H,5,7,13-14H2,(H2,25,27). The fraction of sp³-hybridized carbons (Fsp3) is 0.174. The van der Waals surface area contributed by atoms with Gasteiger partial charge in [-0.05, 0) is 41.6 Å². The summed E-state index contributed by atoms with van der Waals surface area (Å²) in [6, 6.07) is 15.3. The van der Waals surface area contributed by atoms with Gasteiger partial charge in [0.15, 0.2) is 5.78 Å². The number of benzene rings is 1. The molecule has 152 valence electrons. The second-order valence-electron chi connectivity index (χ2n) is 6.87. The number of nitrogens with zero attached hydrogens (tertiary/aromatic N) is 2. The summed E-state index contributed by atoms with van der Waals surface area (Å²) in [4.78, 5) is 22.5. The molecule has 0 saturated heterocycles. The number of fused-ring (bicyclic) bond motifs is 1. The van der Waals surface area contributed by atoms with Crippen molar-refractivity contribution >= 4 is 45.3 Å². The molecule has 0 radical (unpaired) electrons. The fourth-order valence-corrected chi connectivity index (χ4v) is 4.46. The lowest BCUT2D eigenvalue weighted by atomic mass is 10.0. The highest BCUT2D eigenvalue weighted by molar-refractivity contribution is 7.14. The van der Waals surface area contributed by atoms with Crippen molar-refractivity contribution in [3.8, 4) is 0 Å². The molecule has 3 aromatic heterocycles. The van der Waals surface area contributed by atoms with Gasteiger partial charge in [0.25, 0.3) is 0 Å². The lowest BCUT2D eigenvalue weighted by molar-refractivity contribution is 0.0986. The number of Topliss-reactive ketones (excluding diaryl/α,β-unsaturated/α-hetero) is 1. The van der Waals surface area contributed by atoms with Crippen LogP contribution in [0.15, 0.2) is 60.9 Å². The predicted octanol–water partition coefficient (Wildman–Crippen LogP) is 5.46. The van der Waals surface area contributed by atoms with E-state index in [9.17, 15) is 4.79 Å². The third-order valence-electron chi connectivity index (χ3n) is 4.74. The Morgan fingerprint density at radius 1 is 1.07 bits per heavy atom. The Hall–Kier alpha value is -2.80. The molecular weight excluding hydrogens is 418 g/mol. The quantitative estimate of drug-likeness (QED) is 0.370. The number of nitrogens with two attached hydrogens (primary N) is 1. The molecule has 0 saturated carbocycles. The van der Waals surface area contributed by atoms with Crippen LogP contribution in [0.5, 0.6) is 0 Å². The number of halogens is 1. The lowest BCUT2D eigenvalue weighted by Gasteiger charge is -2.05. The van der Waals surface area contributed by atoms with Crippen molar-refractivity contribution in [2.75, 3.05) is 5.73 Å². The van der Waals surface area contributed by atoms with Gasteiger partial charge in [-0.1, -0.05) is 35.9 Å². The maximum absolute atomic E-state index is 12.7. The number of rotatable bonds is 8. The maximum atomic E-state index is 12.7. The van der Waals surface area contributed by atoms with Crippen LogP contribution in [-0.4, -0.2) is 15.8 Å². The van der Waals surface area contributed by atoms with Gasteiger partial charge in [0.05, 0.1) is 28.8 Å². The molecule has 1 aromatic carbocycles. The van der Waals surface area contributed by atoms with Gasteiger partial charge in [-0.2, -0.15) is 0 Å². The number of aryl methyl sites for hydroxylation is 1. The second kappa shape index (κ2) is 9.34. The Morgan fingerprint density at radius 2 is 1.97 bits per heavy atom. The van der Waals surface area contributed by atoms with E-state index in [0.29, 0.717) is 41.8 Å². The molecule has 2 N–H and O–H groups in total. The van der Waals surface area contributed by atoms with Gasteiger partial charge < -0.3 is 10.5 Å². The third-order valence-corrected chi connectivity index (χ3v) is 6.34. The van der Waals surface area contributed by atoms with E-state index in [1.165, 1.54) is 11.3 Å². The molecule has 0 fully saturated rings. The zero-order chi connectivity index (χ0) is 20.9. The van der Waals surface area contributed by atoms with Crippen molar-refractivity contribution in [2.24, 2.45) is 0 Å². The van der Waals surface area contributed by atoms with Crippen molar-refractivity contribution in [1.82, 2.24) is 9.97 Å². The van der Waals surface area contributed by atoms with Crippen LogP contribution >= 0.6 is 22.9 Å². The Kier molecular flexibility index (Phi) is 6.38. The number of anilines is 1. The minimum Gasteiger partial charge on any atom is -0.383 e. The molecule has 5 nitrogen and oxygen atoms in total. The van der Waals surface area contributed by atoms with Gasteiger partial charge in [-0.15, -0.1) is 11.3 Å². The van der Waals surface area contributed by atoms with Crippen molar-refractivity contribution in [3.63, 3.8) is 0 Å². The minimum atomic E-state index is 0.0761. The zero-order valence-corrected chi connectivity index (χ0v) is 17.7. The van der Waals surface area contributed by atoms with Crippen molar-refractivity contribution in [3.05, 3.63) is 87.0 Å². The Balaban J connectivity index is 1.35. The molecule has 7 heteroatoms. The Morgan fingerprint density at radius 3 is 2.80 bits per heavy atom. The SMILES string of the molecule is Nc1nccc2cc(CCC(=O)c3cc(Cl)c(COCc4ccccn4)s3)ccc12. The summed E-state index contributed by atoms with van der Waals surface area (Å²) in [7, 11) is 0. The number of pyridine rings is 2. The molecule has 0 amide bonds. The number of ether oxygens (including phenoxy) is 1. The van der Waals surface area contributed by atoms with Crippen LogP contribution in [0, 0.1) is 0 Å². The van der Waals surface area contributed by atoms with E-state index >= 15 is 0 Å². The van der Waals surface area contributed by atoms with E-state index in [-0.39, 0.29) is 5.78 Å². The molecule has 4 rings (SSSR count). The number of carbonyl (C=O) groups is 1. The molecule has 4 aromatic rings. The van der Waals surface area contributed by atoms with Gasteiger partial charge in [0.1, 0.15) is 5.82 Å². The number of hydrogen-bond donors (Lipinski definition) is 1. The van der Waals surface area contributed by atoms with Gasteiger partial charge >= 0.3 is 0 Å². The summed E-state index contributed by atoms with van der Waals surface area (Å²) >= 11 is 7.70. The van der Waals surface area contributed by atoms with Crippen LogP contribution in [-0.2, 0) is 24.4 Å². The summed E-state index contributed by atoms with van der Waals surface area (Å²) in [6.07, 6.45) is 4.49. The third kappa shape index (κ3) is 4.84. The van der Waals surface area contributed by atoms with E-state index in [4.69, 9.17) is 22.1 Å². The van der Waals surface area contributed by atoms with Crippen LogP contribution in [0.1, 0.15) is 32.2 Å². The Bertz CT molecular complexity index is 1180. The summed E-state index contributed by atoms with van der Waals surface area (Å²) in [5.41, 5.74) is 7.84. The van der Waals surface area contributed by atoms with Crippen molar-refractivity contribution in [1.29, 1.82) is 0 Å². The van der Waals surface area contributed by atoms with Crippen molar-refractivity contribution < 1.29 is 9.53 Å². The first kappa shape index (κ1) is 20.5. The lowest BCUT2D eigenvalue weighted by Crippen LogP contribution is -1.99. The molecule has 0 aliphatic rings. The van der Waals surface area contributed by atoms with Crippen LogP contribution in [0.25, 0.3) is 10.8 Å². The first-order chi connectivity index (χ1) is 14.6. The van der Waals surface area contributed by atoms with Crippen molar-refractivity contribution in [2.45, 2.75) is 26.1 Å².